The lowest BCUT2D eigenvalue weighted by Crippen LogP contribution is -2.20. The lowest BCUT2D eigenvalue weighted by Gasteiger charge is -2.30. The molecule has 6 aromatic rings. The Hall–Kier alpha value is -5.29. The van der Waals surface area contributed by atoms with E-state index in [0.717, 1.165) is 59.1 Å². The standard InChI is InChI=1S/C42H41N5O3SSi/c1-52(2,3)28-25-32-11-18-34(19-12-32)41(48)33-16-9-30(10-17-33)15-22-39-45-38-29-44-42-37(24-27-46(42)51(49,50)36-7-5-4-6-8-36)40(38)47(39)35-20-13-31(14-21-35)23-26-43/h4-12,16-19,24,27,29,31,35H,13-15,20-23H2,1-3H3/t31-,35-. The summed E-state index contributed by atoms with van der Waals surface area (Å²) < 4.78 is 30.9. The number of nitrogens with zero attached hydrogens (tertiary/aromatic N) is 5. The van der Waals surface area contributed by atoms with Gasteiger partial charge in [-0.3, -0.25) is 4.79 Å². The van der Waals surface area contributed by atoms with Crippen molar-refractivity contribution in [3.63, 3.8) is 0 Å². The number of fused-ring (bicyclic) bond motifs is 3. The van der Waals surface area contributed by atoms with Crippen molar-refractivity contribution in [2.75, 3.05) is 0 Å². The van der Waals surface area contributed by atoms with Crippen molar-refractivity contribution in [2.45, 2.75) is 75.5 Å². The molecule has 0 N–H and O–H groups in total. The molecule has 0 amide bonds. The molecule has 7 rings (SSSR count). The van der Waals surface area contributed by atoms with Crippen LogP contribution in [0, 0.1) is 28.7 Å². The number of hydrogen-bond acceptors (Lipinski definition) is 6. The van der Waals surface area contributed by atoms with Crippen molar-refractivity contribution in [2.24, 2.45) is 5.92 Å². The zero-order valence-corrected chi connectivity index (χ0v) is 31.5. The molecular formula is C42H41N5O3SSi. The highest BCUT2D eigenvalue weighted by Crippen LogP contribution is 2.38. The van der Waals surface area contributed by atoms with Crippen LogP contribution in [0.3, 0.4) is 0 Å². The fraction of sp³-hybridized carbons (Fsp3) is 0.286. The van der Waals surface area contributed by atoms with Crippen LogP contribution in [0.2, 0.25) is 19.6 Å². The molecule has 3 heterocycles. The Labute approximate surface area is 306 Å². The molecule has 3 aromatic heterocycles. The zero-order valence-electron chi connectivity index (χ0n) is 29.7. The van der Waals surface area contributed by atoms with Crippen molar-refractivity contribution < 1.29 is 13.2 Å². The van der Waals surface area contributed by atoms with E-state index in [1.807, 2.05) is 54.6 Å². The van der Waals surface area contributed by atoms with Crippen LogP contribution in [0.5, 0.6) is 0 Å². The summed E-state index contributed by atoms with van der Waals surface area (Å²) in [5.74, 6) is 4.53. The number of benzene rings is 3. The van der Waals surface area contributed by atoms with Crippen molar-refractivity contribution in [1.82, 2.24) is 18.5 Å². The van der Waals surface area contributed by atoms with Gasteiger partial charge in [-0.1, -0.05) is 68.0 Å². The molecule has 3 aromatic carbocycles. The Morgan fingerprint density at radius 3 is 2.21 bits per heavy atom. The second kappa shape index (κ2) is 14.4. The Morgan fingerprint density at radius 1 is 0.885 bits per heavy atom. The molecule has 0 aliphatic heterocycles. The van der Waals surface area contributed by atoms with E-state index in [-0.39, 0.29) is 16.7 Å². The monoisotopic (exact) mass is 723 g/mol. The summed E-state index contributed by atoms with van der Waals surface area (Å²) in [4.78, 5) is 23.2. The highest BCUT2D eigenvalue weighted by Gasteiger charge is 2.28. The number of imidazole rings is 1. The first-order valence-corrected chi connectivity index (χ1v) is 22.8. The smallest absolute Gasteiger partial charge is 0.269 e. The number of nitriles is 1. The Balaban J connectivity index is 1.17. The topological polar surface area (TPSA) is 111 Å². The van der Waals surface area contributed by atoms with Crippen LogP contribution in [-0.4, -0.2) is 40.8 Å². The summed E-state index contributed by atoms with van der Waals surface area (Å²) in [5, 5.41) is 10.1. The van der Waals surface area contributed by atoms with E-state index in [2.05, 4.69) is 46.7 Å². The molecule has 0 spiro atoms. The number of ketones is 1. The number of pyridine rings is 1. The van der Waals surface area contributed by atoms with Crippen molar-refractivity contribution >= 4 is 45.9 Å². The Kier molecular flexibility index (Phi) is 9.71. The molecule has 1 aliphatic rings. The highest BCUT2D eigenvalue weighted by atomic mass is 32.2. The van der Waals surface area contributed by atoms with Gasteiger partial charge in [0.05, 0.1) is 22.7 Å². The molecule has 0 unspecified atom stereocenters. The second-order valence-electron chi connectivity index (χ2n) is 14.7. The molecular weight excluding hydrogens is 683 g/mol. The first-order valence-electron chi connectivity index (χ1n) is 17.8. The van der Waals surface area contributed by atoms with Gasteiger partial charge >= 0.3 is 0 Å². The maximum atomic E-state index is 13.7. The summed E-state index contributed by atoms with van der Waals surface area (Å²) in [7, 11) is -5.34. The number of carbonyl (C=O) groups is 1. The third-order valence-electron chi connectivity index (χ3n) is 9.85. The summed E-state index contributed by atoms with van der Waals surface area (Å²) >= 11 is 0. The summed E-state index contributed by atoms with van der Waals surface area (Å²) in [6.45, 7) is 6.62. The van der Waals surface area contributed by atoms with E-state index in [9.17, 15) is 18.5 Å². The normalized spacial score (nSPS) is 16.3. The quantitative estimate of drug-likeness (QED) is 0.0841. The SMILES string of the molecule is C[Si](C)(C)C#Cc1ccc(C(=O)c2ccc(CCc3nc4cnc5c(ccn5S(=O)(=O)c5ccccc5)c4n3[C@H]3CC[C@H](CC#N)CC3)cc2)cc1. The fourth-order valence-corrected chi connectivity index (χ4v) is 8.95. The van der Waals surface area contributed by atoms with Crippen LogP contribution in [-0.2, 0) is 22.9 Å². The summed E-state index contributed by atoms with van der Waals surface area (Å²) in [5.41, 5.74) is 8.64. The molecule has 0 radical (unpaired) electrons. The first kappa shape index (κ1) is 35.1. The minimum atomic E-state index is -3.85. The minimum absolute atomic E-state index is 0.0252. The van der Waals surface area contributed by atoms with Crippen molar-refractivity contribution in [3.05, 3.63) is 125 Å². The average Bonchev–Trinajstić information content (AvgIpc) is 3.76. The van der Waals surface area contributed by atoms with E-state index in [1.54, 1.807) is 42.7 Å². The molecule has 0 bridgehead atoms. The summed E-state index contributed by atoms with van der Waals surface area (Å²) in [6.07, 6.45) is 8.95. The van der Waals surface area contributed by atoms with Gasteiger partial charge in [0.25, 0.3) is 10.0 Å². The third-order valence-corrected chi connectivity index (χ3v) is 12.4. The van der Waals surface area contributed by atoms with Gasteiger partial charge in [0.15, 0.2) is 11.4 Å². The number of hydrogen-bond donors (Lipinski definition) is 0. The molecule has 52 heavy (non-hydrogen) atoms. The van der Waals surface area contributed by atoms with E-state index >= 15 is 0 Å². The Morgan fingerprint density at radius 2 is 1.56 bits per heavy atom. The summed E-state index contributed by atoms with van der Waals surface area (Å²) in [6, 6.07) is 28.1. The molecule has 1 fully saturated rings. The lowest BCUT2D eigenvalue weighted by molar-refractivity contribution is 0.103. The number of aromatic nitrogens is 4. The van der Waals surface area contributed by atoms with Crippen LogP contribution in [0.25, 0.3) is 22.1 Å². The van der Waals surface area contributed by atoms with E-state index < -0.39 is 18.1 Å². The number of rotatable bonds is 9. The second-order valence-corrected chi connectivity index (χ2v) is 21.3. The maximum absolute atomic E-state index is 13.7. The van der Waals surface area contributed by atoms with Gasteiger partial charge in [-0.25, -0.2) is 22.4 Å². The molecule has 0 saturated heterocycles. The van der Waals surface area contributed by atoms with Crippen LogP contribution in [0.15, 0.2) is 102 Å². The van der Waals surface area contributed by atoms with E-state index in [1.165, 1.54) is 3.97 Å². The molecule has 10 heteroatoms. The number of aryl methyl sites for hydroxylation is 2. The predicted molar refractivity (Wildman–Crippen MR) is 207 cm³/mol. The van der Waals surface area contributed by atoms with E-state index in [0.29, 0.717) is 42.0 Å². The molecule has 8 nitrogen and oxygen atoms in total. The number of carbonyl (C=O) groups excluding carboxylic acids is 1. The van der Waals surface area contributed by atoms with Gasteiger partial charge in [0, 0.05) is 47.2 Å². The highest BCUT2D eigenvalue weighted by molar-refractivity contribution is 7.90. The predicted octanol–water partition coefficient (Wildman–Crippen LogP) is 8.51. The zero-order chi connectivity index (χ0) is 36.5. The van der Waals surface area contributed by atoms with Crippen LogP contribution in [0.4, 0.5) is 0 Å². The lowest BCUT2D eigenvalue weighted by atomic mass is 9.84. The van der Waals surface area contributed by atoms with Crippen LogP contribution < -0.4 is 0 Å². The van der Waals surface area contributed by atoms with Crippen molar-refractivity contribution in [1.29, 1.82) is 5.26 Å². The van der Waals surface area contributed by atoms with Gasteiger partial charge in [0.1, 0.15) is 19.4 Å². The molecule has 262 valence electrons. The average molecular weight is 724 g/mol. The molecule has 1 aliphatic carbocycles. The van der Waals surface area contributed by atoms with Crippen LogP contribution >= 0.6 is 0 Å². The van der Waals surface area contributed by atoms with Gasteiger partial charge in [0.2, 0.25) is 0 Å². The first-order chi connectivity index (χ1) is 25.0. The van der Waals surface area contributed by atoms with Gasteiger partial charge in [-0.2, -0.15) is 5.26 Å². The maximum Gasteiger partial charge on any atom is 0.269 e. The van der Waals surface area contributed by atoms with Crippen molar-refractivity contribution in [3.8, 4) is 17.5 Å². The third kappa shape index (κ3) is 7.23. The van der Waals surface area contributed by atoms with E-state index in [4.69, 9.17) is 4.98 Å². The minimum Gasteiger partial charge on any atom is -0.324 e. The van der Waals surface area contributed by atoms with Crippen LogP contribution in [0.1, 0.15) is 71.0 Å². The largest absolute Gasteiger partial charge is 0.324 e. The van der Waals surface area contributed by atoms with Gasteiger partial charge in [-0.15, -0.1) is 5.54 Å². The molecule has 1 saturated carbocycles. The Bertz CT molecular complexity index is 2470. The van der Waals surface area contributed by atoms with Gasteiger partial charge in [-0.05, 0) is 86.1 Å². The molecule has 0 atom stereocenters. The fourth-order valence-electron chi connectivity index (χ4n) is 7.11. The van der Waals surface area contributed by atoms with Gasteiger partial charge < -0.3 is 4.57 Å².